The molecule has 1 N–H and O–H groups in total. The van der Waals surface area contributed by atoms with E-state index in [-0.39, 0.29) is 0 Å². The maximum Gasteiger partial charge on any atom is 0.339 e. The fraction of sp³-hybridized carbons (Fsp3) is 0.692. The van der Waals surface area contributed by atoms with Gasteiger partial charge < -0.3 is 14.8 Å². The van der Waals surface area contributed by atoms with Crippen LogP contribution in [0, 0.1) is 0 Å². The van der Waals surface area contributed by atoms with Crippen LogP contribution < -0.4 is 5.32 Å². The van der Waals surface area contributed by atoms with Gasteiger partial charge in [0.25, 0.3) is 0 Å². The zero-order valence-corrected chi connectivity index (χ0v) is 19.8. The highest BCUT2D eigenvalue weighted by Crippen LogP contribution is 2.14. The standard InChI is InChI=1S/C24H38O4.C2H5N/c1-3-5-7-9-11-15-19-27-23(25)21-17-13-14-18-22(21)24(26)28-20-16-12-10-8-6-4-2;1-2-3-1/h13-14,17-18H,3-12,15-16,19-20H2,1-2H3;3H,1-2H2. The molecule has 1 aliphatic heterocycles. The molecule has 2 rings (SSSR count). The number of hydrogen-bond acceptors (Lipinski definition) is 5. The van der Waals surface area contributed by atoms with Gasteiger partial charge in [0, 0.05) is 13.1 Å². The maximum atomic E-state index is 12.4. The van der Waals surface area contributed by atoms with Crippen molar-refractivity contribution in [2.24, 2.45) is 0 Å². The van der Waals surface area contributed by atoms with Crippen LogP contribution in [0.25, 0.3) is 0 Å². The van der Waals surface area contributed by atoms with Gasteiger partial charge in [-0.3, -0.25) is 0 Å². The lowest BCUT2D eigenvalue weighted by Crippen LogP contribution is -2.15. The Labute approximate surface area is 189 Å². The molecule has 5 nitrogen and oxygen atoms in total. The van der Waals surface area contributed by atoms with Crippen LogP contribution in [-0.4, -0.2) is 38.2 Å². The Bertz CT molecular complexity index is 549. The summed E-state index contributed by atoms with van der Waals surface area (Å²) in [5.74, 6) is -0.888. The third kappa shape index (κ3) is 14.7. The van der Waals surface area contributed by atoms with Crippen LogP contribution in [0.2, 0.25) is 0 Å². The molecule has 31 heavy (non-hydrogen) atoms. The lowest BCUT2D eigenvalue weighted by Gasteiger charge is -2.10. The van der Waals surface area contributed by atoms with Crippen molar-refractivity contribution < 1.29 is 19.1 Å². The van der Waals surface area contributed by atoms with E-state index in [2.05, 4.69) is 19.2 Å². The molecule has 0 unspecified atom stereocenters. The summed E-state index contributed by atoms with van der Waals surface area (Å²) in [4.78, 5) is 24.7. The van der Waals surface area contributed by atoms with Crippen LogP contribution in [0.3, 0.4) is 0 Å². The number of carbonyl (C=O) groups excluding carboxylic acids is 2. The van der Waals surface area contributed by atoms with Gasteiger partial charge in [-0.15, -0.1) is 0 Å². The average molecular weight is 434 g/mol. The first-order valence-electron chi connectivity index (χ1n) is 12.3. The Hall–Kier alpha value is -1.88. The Morgan fingerprint density at radius 1 is 0.677 bits per heavy atom. The van der Waals surface area contributed by atoms with Crippen LogP contribution in [0.15, 0.2) is 24.3 Å². The molecule has 1 aromatic rings. The average Bonchev–Trinajstić information content (AvgIpc) is 3.67. The number of hydrogen-bond donors (Lipinski definition) is 1. The van der Waals surface area contributed by atoms with Gasteiger partial charge in [-0.25, -0.2) is 9.59 Å². The summed E-state index contributed by atoms with van der Waals surface area (Å²) in [5, 5.41) is 3.00. The third-order valence-corrected chi connectivity index (χ3v) is 5.08. The molecule has 1 saturated heterocycles. The van der Waals surface area contributed by atoms with E-state index in [0.29, 0.717) is 24.3 Å². The monoisotopic (exact) mass is 433 g/mol. The first-order valence-corrected chi connectivity index (χ1v) is 12.3. The highest BCUT2D eigenvalue weighted by molar-refractivity contribution is 6.03. The second-order valence-electron chi connectivity index (χ2n) is 8.10. The molecule has 0 saturated carbocycles. The normalized spacial score (nSPS) is 11.9. The van der Waals surface area contributed by atoms with E-state index in [1.165, 1.54) is 64.5 Å². The summed E-state index contributed by atoms with van der Waals surface area (Å²) in [6.07, 6.45) is 13.6. The second kappa shape index (κ2) is 18.9. The molecule has 1 aromatic carbocycles. The van der Waals surface area contributed by atoms with E-state index in [0.717, 1.165) is 25.7 Å². The summed E-state index contributed by atoms with van der Waals surface area (Å²) < 4.78 is 10.7. The van der Waals surface area contributed by atoms with Crippen molar-refractivity contribution >= 4 is 11.9 Å². The molecule has 5 heteroatoms. The summed E-state index contributed by atoms with van der Waals surface area (Å²) in [6, 6.07) is 6.74. The van der Waals surface area contributed by atoms with Crippen molar-refractivity contribution in [3.05, 3.63) is 35.4 Å². The number of ether oxygens (including phenoxy) is 2. The number of carbonyl (C=O) groups is 2. The maximum absolute atomic E-state index is 12.4. The minimum Gasteiger partial charge on any atom is -0.462 e. The van der Waals surface area contributed by atoms with Gasteiger partial charge in [-0.05, 0) is 25.0 Å². The highest BCUT2D eigenvalue weighted by atomic mass is 16.5. The predicted octanol–water partition coefficient (Wildman–Crippen LogP) is 6.31. The van der Waals surface area contributed by atoms with E-state index >= 15 is 0 Å². The number of benzene rings is 1. The van der Waals surface area contributed by atoms with Crippen LogP contribution in [0.4, 0.5) is 0 Å². The smallest absolute Gasteiger partial charge is 0.339 e. The van der Waals surface area contributed by atoms with E-state index in [1.807, 2.05) is 0 Å². The first kappa shape index (κ1) is 27.2. The number of esters is 2. The Morgan fingerprint density at radius 2 is 1.03 bits per heavy atom. The Morgan fingerprint density at radius 3 is 1.39 bits per heavy atom. The van der Waals surface area contributed by atoms with Crippen LogP contribution in [0.1, 0.15) is 112 Å². The summed E-state index contributed by atoms with van der Waals surface area (Å²) in [5.41, 5.74) is 0.586. The number of unbranched alkanes of at least 4 members (excludes halogenated alkanes) is 10. The zero-order chi connectivity index (χ0) is 22.6. The minimum atomic E-state index is -0.444. The Kier molecular flexibility index (Phi) is 16.5. The van der Waals surface area contributed by atoms with Gasteiger partial charge in [-0.1, -0.05) is 90.2 Å². The molecule has 1 fully saturated rings. The van der Waals surface area contributed by atoms with Gasteiger partial charge in [0.15, 0.2) is 0 Å². The van der Waals surface area contributed by atoms with Crippen LogP contribution >= 0.6 is 0 Å². The van der Waals surface area contributed by atoms with Crippen molar-refractivity contribution in [3.63, 3.8) is 0 Å². The summed E-state index contributed by atoms with van der Waals surface area (Å²) >= 11 is 0. The van der Waals surface area contributed by atoms with Gasteiger partial charge in [-0.2, -0.15) is 0 Å². The molecular weight excluding hydrogens is 390 g/mol. The minimum absolute atomic E-state index is 0.293. The molecule has 0 radical (unpaired) electrons. The topological polar surface area (TPSA) is 74.5 Å². The molecule has 1 heterocycles. The SMILES string of the molecule is C1CN1.CCCCCCCCOC(=O)c1ccccc1C(=O)OCCCCCCCC. The molecular formula is C26H43NO4. The molecule has 0 amide bonds. The van der Waals surface area contributed by atoms with Crippen LogP contribution in [-0.2, 0) is 9.47 Å². The van der Waals surface area contributed by atoms with E-state index < -0.39 is 11.9 Å². The quantitative estimate of drug-likeness (QED) is 0.188. The Balaban J connectivity index is 0.00000146. The largest absolute Gasteiger partial charge is 0.462 e. The highest BCUT2D eigenvalue weighted by Gasteiger charge is 2.18. The third-order valence-electron chi connectivity index (χ3n) is 5.08. The summed E-state index contributed by atoms with van der Waals surface area (Å²) in [7, 11) is 0. The first-order chi connectivity index (χ1) is 15.2. The molecule has 0 spiro atoms. The predicted molar refractivity (Wildman–Crippen MR) is 127 cm³/mol. The van der Waals surface area contributed by atoms with Gasteiger partial charge >= 0.3 is 11.9 Å². The van der Waals surface area contributed by atoms with Crippen molar-refractivity contribution in [3.8, 4) is 0 Å². The van der Waals surface area contributed by atoms with Crippen molar-refractivity contribution in [1.29, 1.82) is 0 Å². The van der Waals surface area contributed by atoms with E-state index in [9.17, 15) is 9.59 Å². The van der Waals surface area contributed by atoms with Crippen molar-refractivity contribution in [1.82, 2.24) is 5.32 Å². The fourth-order valence-electron chi connectivity index (χ4n) is 3.09. The molecule has 0 bridgehead atoms. The van der Waals surface area contributed by atoms with Gasteiger partial charge in [0.05, 0.1) is 24.3 Å². The summed E-state index contributed by atoms with van der Waals surface area (Å²) in [6.45, 7) is 7.67. The van der Waals surface area contributed by atoms with Gasteiger partial charge in [0.1, 0.15) is 0 Å². The molecule has 0 atom stereocenters. The lowest BCUT2D eigenvalue weighted by atomic mass is 10.1. The molecule has 0 aliphatic carbocycles. The van der Waals surface area contributed by atoms with E-state index in [1.54, 1.807) is 24.3 Å². The van der Waals surface area contributed by atoms with Crippen molar-refractivity contribution in [2.75, 3.05) is 26.3 Å². The molecule has 176 valence electrons. The fourth-order valence-corrected chi connectivity index (χ4v) is 3.09. The number of rotatable bonds is 16. The van der Waals surface area contributed by atoms with Crippen LogP contribution in [0.5, 0.6) is 0 Å². The molecule has 0 aromatic heterocycles. The number of nitrogens with one attached hydrogen (secondary N) is 1. The van der Waals surface area contributed by atoms with Crippen molar-refractivity contribution in [2.45, 2.75) is 90.9 Å². The lowest BCUT2D eigenvalue weighted by molar-refractivity contribution is 0.0450. The second-order valence-corrected chi connectivity index (χ2v) is 8.10. The molecule has 1 aliphatic rings. The van der Waals surface area contributed by atoms with E-state index in [4.69, 9.17) is 9.47 Å². The van der Waals surface area contributed by atoms with Gasteiger partial charge in [0.2, 0.25) is 0 Å². The zero-order valence-electron chi connectivity index (χ0n) is 19.8.